The van der Waals surface area contributed by atoms with Gasteiger partial charge in [0, 0.05) is 28.5 Å². The van der Waals surface area contributed by atoms with Gasteiger partial charge in [-0.15, -0.1) is 0 Å². The number of rotatable bonds is 5. The van der Waals surface area contributed by atoms with E-state index in [4.69, 9.17) is 4.74 Å². The summed E-state index contributed by atoms with van der Waals surface area (Å²) in [6.45, 7) is 8.65. The van der Waals surface area contributed by atoms with Gasteiger partial charge in [0.1, 0.15) is 23.3 Å². The molecular formula is C33H31N3O4. The summed E-state index contributed by atoms with van der Waals surface area (Å²) in [7, 11) is 0. The zero-order valence-corrected chi connectivity index (χ0v) is 22.6. The quantitative estimate of drug-likeness (QED) is 0.361. The van der Waals surface area contributed by atoms with Crippen molar-refractivity contribution in [1.29, 1.82) is 0 Å². The molecule has 40 heavy (non-hydrogen) atoms. The molecule has 2 amide bonds. The Bertz CT molecular complexity index is 1630. The molecule has 4 heterocycles. The molecule has 3 aromatic carbocycles. The van der Waals surface area contributed by atoms with E-state index in [0.29, 0.717) is 35.7 Å². The molecule has 3 aromatic rings. The Labute approximate surface area is 233 Å². The molecule has 2 fully saturated rings. The summed E-state index contributed by atoms with van der Waals surface area (Å²) < 4.78 is 5.75. The monoisotopic (exact) mass is 533 g/mol. The van der Waals surface area contributed by atoms with Gasteiger partial charge < -0.3 is 15.4 Å². The summed E-state index contributed by atoms with van der Waals surface area (Å²) in [5.74, 6) is -0.932. The fraction of sp³-hybridized carbons (Fsp3) is 0.303. The number of hydrogen-bond donors (Lipinski definition) is 2. The maximum Gasteiger partial charge on any atom is 0.251 e. The highest BCUT2D eigenvalue weighted by molar-refractivity contribution is 6.21. The van der Waals surface area contributed by atoms with Crippen molar-refractivity contribution in [2.24, 2.45) is 5.92 Å². The second-order valence-corrected chi connectivity index (χ2v) is 11.3. The van der Waals surface area contributed by atoms with Crippen molar-refractivity contribution in [2.75, 3.05) is 23.8 Å². The second kappa shape index (κ2) is 8.63. The number of aryl methyl sites for hydroxylation is 1. The number of carbonyl (C=O) groups excluding carboxylic acids is 3. The highest BCUT2D eigenvalue weighted by Gasteiger charge is 2.81. The molecule has 202 valence electrons. The molecule has 2 N–H and O–H groups in total. The fourth-order valence-electron chi connectivity index (χ4n) is 7.97. The first-order valence-electron chi connectivity index (χ1n) is 13.8. The van der Waals surface area contributed by atoms with E-state index in [0.717, 1.165) is 35.2 Å². The lowest BCUT2D eigenvalue weighted by Crippen LogP contribution is -2.62. The number of benzene rings is 3. The van der Waals surface area contributed by atoms with Crippen molar-refractivity contribution in [3.8, 4) is 5.75 Å². The van der Waals surface area contributed by atoms with E-state index in [1.54, 1.807) is 30.3 Å². The number of nitrogens with zero attached hydrogens (tertiary/aromatic N) is 1. The Balaban J connectivity index is 1.53. The molecular weight excluding hydrogens is 502 g/mol. The maximum absolute atomic E-state index is 14.8. The Morgan fingerprint density at radius 2 is 1.88 bits per heavy atom. The van der Waals surface area contributed by atoms with Gasteiger partial charge in [0.15, 0.2) is 5.78 Å². The predicted molar refractivity (Wildman–Crippen MR) is 153 cm³/mol. The van der Waals surface area contributed by atoms with Crippen LogP contribution in [0.15, 0.2) is 73.3 Å². The molecule has 0 saturated carbocycles. The topological polar surface area (TPSA) is 87.7 Å². The van der Waals surface area contributed by atoms with Crippen LogP contribution in [0.3, 0.4) is 0 Å². The van der Waals surface area contributed by atoms with E-state index in [9.17, 15) is 14.4 Å². The minimum Gasteiger partial charge on any atom is -0.490 e. The average molecular weight is 534 g/mol. The summed E-state index contributed by atoms with van der Waals surface area (Å²) in [6, 6.07) is 18.3. The number of hydrogen-bond acceptors (Lipinski definition) is 5. The minimum atomic E-state index is -1.46. The van der Waals surface area contributed by atoms with Gasteiger partial charge in [0.2, 0.25) is 5.91 Å². The molecule has 2 saturated heterocycles. The van der Waals surface area contributed by atoms with E-state index in [1.165, 1.54) is 0 Å². The first kappa shape index (κ1) is 24.8. The van der Waals surface area contributed by atoms with E-state index in [2.05, 4.69) is 22.1 Å². The SMILES string of the molecule is C=CCOc1cccc(C(=O)C2C3CCCN3C3(C(=O)Nc4c3ccc(C)c4C)C23C(=O)Nc2ccccc23)c1. The van der Waals surface area contributed by atoms with E-state index in [1.807, 2.05) is 50.2 Å². The average Bonchev–Trinajstić information content (AvgIpc) is 3.68. The number of nitrogens with one attached hydrogen (secondary N) is 2. The van der Waals surface area contributed by atoms with Gasteiger partial charge in [-0.3, -0.25) is 19.3 Å². The third-order valence-corrected chi connectivity index (χ3v) is 9.57. The lowest BCUT2D eigenvalue weighted by molar-refractivity contribution is -0.137. The molecule has 7 heteroatoms. The molecule has 4 aliphatic heterocycles. The molecule has 4 unspecified atom stereocenters. The lowest BCUT2D eigenvalue weighted by Gasteiger charge is -2.43. The molecule has 7 nitrogen and oxygen atoms in total. The van der Waals surface area contributed by atoms with Gasteiger partial charge in [-0.05, 0) is 68.1 Å². The molecule has 7 rings (SSSR count). The van der Waals surface area contributed by atoms with Crippen LogP contribution in [0.4, 0.5) is 11.4 Å². The van der Waals surface area contributed by atoms with E-state index < -0.39 is 16.9 Å². The third-order valence-electron chi connectivity index (χ3n) is 9.57. The van der Waals surface area contributed by atoms with E-state index in [-0.39, 0.29) is 23.6 Å². The van der Waals surface area contributed by atoms with Crippen LogP contribution in [-0.2, 0) is 20.5 Å². The number of fused-ring (bicyclic) bond motifs is 7. The van der Waals surface area contributed by atoms with Gasteiger partial charge in [-0.25, -0.2) is 0 Å². The zero-order chi connectivity index (χ0) is 27.8. The number of para-hydroxylation sites is 1. The van der Waals surface area contributed by atoms with Crippen molar-refractivity contribution in [3.63, 3.8) is 0 Å². The van der Waals surface area contributed by atoms with Gasteiger partial charge in [0.05, 0.1) is 5.92 Å². The molecule has 0 aromatic heterocycles. The van der Waals surface area contributed by atoms with Gasteiger partial charge >= 0.3 is 0 Å². The standard InChI is InChI=1S/C33H31N3O4/c1-4-17-40-22-10-7-9-21(18-22)29(37)27-26-13-8-16-36(26)33(24-15-14-19(2)20(3)28(24)35-31(33)39)32(27)23-11-5-6-12-25(23)34-30(32)38/h4-7,9-12,14-15,18,26-27H,1,8,13,16-17H2,2-3H3,(H,34,38)(H,35,39). The molecule has 0 aliphatic carbocycles. The number of ether oxygens (including phenoxy) is 1. The summed E-state index contributed by atoms with van der Waals surface area (Å²) in [5, 5.41) is 6.27. The number of carbonyl (C=O) groups is 3. The number of Topliss-reactive ketones (excluding diaryl/α,β-unsaturated/α-hetero) is 1. The van der Waals surface area contributed by atoms with Gasteiger partial charge in [-0.2, -0.15) is 0 Å². The van der Waals surface area contributed by atoms with Crippen molar-refractivity contribution in [1.82, 2.24) is 4.90 Å². The van der Waals surface area contributed by atoms with Crippen LogP contribution in [0, 0.1) is 19.8 Å². The molecule has 0 radical (unpaired) electrons. The molecule has 4 atom stereocenters. The number of amides is 2. The van der Waals surface area contributed by atoms with Crippen LogP contribution in [0.5, 0.6) is 5.75 Å². The smallest absolute Gasteiger partial charge is 0.251 e. The summed E-state index contributed by atoms with van der Waals surface area (Å²) >= 11 is 0. The first-order valence-corrected chi connectivity index (χ1v) is 13.8. The Morgan fingerprint density at radius 3 is 2.70 bits per heavy atom. The highest BCUT2D eigenvalue weighted by Crippen LogP contribution is 2.68. The first-order chi connectivity index (χ1) is 19.4. The number of ketones is 1. The highest BCUT2D eigenvalue weighted by atomic mass is 16.5. The Morgan fingerprint density at radius 1 is 1.05 bits per heavy atom. The van der Waals surface area contributed by atoms with Crippen LogP contribution in [0.25, 0.3) is 0 Å². The predicted octanol–water partition coefficient (Wildman–Crippen LogP) is 4.88. The lowest BCUT2D eigenvalue weighted by atomic mass is 9.57. The van der Waals surface area contributed by atoms with Gasteiger partial charge in [-0.1, -0.05) is 55.1 Å². The van der Waals surface area contributed by atoms with Crippen LogP contribution < -0.4 is 15.4 Å². The van der Waals surface area contributed by atoms with Crippen LogP contribution in [0.1, 0.15) is 45.5 Å². The van der Waals surface area contributed by atoms with Crippen molar-refractivity contribution in [3.05, 3.63) is 101 Å². The Hall–Kier alpha value is -4.23. The van der Waals surface area contributed by atoms with Crippen molar-refractivity contribution < 1.29 is 19.1 Å². The normalized spacial score (nSPS) is 27.9. The summed E-state index contributed by atoms with van der Waals surface area (Å²) in [5.41, 5.74) is 2.55. The zero-order valence-electron chi connectivity index (χ0n) is 22.6. The van der Waals surface area contributed by atoms with E-state index >= 15 is 0 Å². The second-order valence-electron chi connectivity index (χ2n) is 11.3. The van der Waals surface area contributed by atoms with Crippen molar-refractivity contribution in [2.45, 2.75) is 43.7 Å². The molecule has 0 bridgehead atoms. The van der Waals surface area contributed by atoms with Crippen molar-refractivity contribution >= 4 is 29.0 Å². The van der Waals surface area contributed by atoms with Crippen LogP contribution >= 0.6 is 0 Å². The summed E-state index contributed by atoms with van der Waals surface area (Å²) in [4.78, 5) is 46.2. The molecule has 4 aliphatic rings. The van der Waals surface area contributed by atoms with Crippen LogP contribution in [0.2, 0.25) is 0 Å². The van der Waals surface area contributed by atoms with Gasteiger partial charge in [0.25, 0.3) is 5.91 Å². The Kier molecular flexibility index (Phi) is 5.35. The summed E-state index contributed by atoms with van der Waals surface area (Å²) in [6.07, 6.45) is 3.21. The maximum atomic E-state index is 14.8. The number of anilines is 2. The molecule has 2 spiro atoms. The largest absolute Gasteiger partial charge is 0.490 e. The fourth-order valence-corrected chi connectivity index (χ4v) is 7.97. The van der Waals surface area contributed by atoms with Crippen LogP contribution in [-0.4, -0.2) is 41.7 Å². The third kappa shape index (κ3) is 2.85. The minimum absolute atomic E-state index is 0.158.